The first-order valence-electron chi connectivity index (χ1n) is 7.89. The fourth-order valence-electron chi connectivity index (χ4n) is 2.25. The summed E-state index contributed by atoms with van der Waals surface area (Å²) in [6.07, 6.45) is -0.366. The topological polar surface area (TPSA) is 84.5 Å². The van der Waals surface area contributed by atoms with Crippen LogP contribution < -0.4 is 15.4 Å². The van der Waals surface area contributed by atoms with Crippen LogP contribution in [0.5, 0.6) is 5.75 Å². The van der Waals surface area contributed by atoms with Crippen molar-refractivity contribution in [3.63, 3.8) is 0 Å². The first-order chi connectivity index (χ1) is 12.0. The average Bonchev–Trinajstić information content (AvgIpc) is 2.60. The predicted molar refractivity (Wildman–Crippen MR) is 93.2 cm³/mol. The van der Waals surface area contributed by atoms with Crippen LogP contribution in [0.4, 0.5) is 4.79 Å². The Morgan fingerprint density at radius 2 is 1.56 bits per heavy atom. The molecule has 130 valence electrons. The summed E-state index contributed by atoms with van der Waals surface area (Å²) in [6, 6.07) is 17.2. The zero-order valence-corrected chi connectivity index (χ0v) is 13.9. The number of carbonyl (C=O) groups excluding carboxylic acids is 3. The van der Waals surface area contributed by atoms with Crippen molar-refractivity contribution in [2.45, 2.75) is 19.4 Å². The van der Waals surface area contributed by atoms with Crippen LogP contribution in [0.1, 0.15) is 12.5 Å². The molecule has 0 heterocycles. The van der Waals surface area contributed by atoms with E-state index in [0.29, 0.717) is 12.2 Å². The molecule has 6 heteroatoms. The summed E-state index contributed by atoms with van der Waals surface area (Å²) in [4.78, 5) is 35.5. The molecule has 0 saturated heterocycles. The van der Waals surface area contributed by atoms with Crippen LogP contribution in [0.2, 0.25) is 0 Å². The number of Topliss-reactive ketones (excluding diaryl/α,β-unsaturated/α-hetero) is 1. The van der Waals surface area contributed by atoms with Gasteiger partial charge < -0.3 is 15.4 Å². The van der Waals surface area contributed by atoms with Gasteiger partial charge >= 0.3 is 6.09 Å². The van der Waals surface area contributed by atoms with Crippen LogP contribution in [-0.2, 0) is 16.0 Å². The van der Waals surface area contributed by atoms with Gasteiger partial charge in [0.1, 0.15) is 5.75 Å². The van der Waals surface area contributed by atoms with Crippen molar-refractivity contribution in [1.29, 1.82) is 0 Å². The highest BCUT2D eigenvalue weighted by atomic mass is 16.6. The molecule has 25 heavy (non-hydrogen) atoms. The third-order valence-electron chi connectivity index (χ3n) is 3.41. The van der Waals surface area contributed by atoms with Gasteiger partial charge in [-0.3, -0.25) is 9.59 Å². The number of carbonyl (C=O) groups is 3. The highest BCUT2D eigenvalue weighted by Crippen LogP contribution is 2.08. The summed E-state index contributed by atoms with van der Waals surface area (Å²) in [6.45, 7) is 1.12. The van der Waals surface area contributed by atoms with Crippen molar-refractivity contribution in [2.24, 2.45) is 0 Å². The molecule has 2 aromatic rings. The quantitative estimate of drug-likeness (QED) is 0.808. The largest absolute Gasteiger partial charge is 0.412 e. The molecule has 0 spiro atoms. The van der Waals surface area contributed by atoms with Crippen molar-refractivity contribution in [3.05, 3.63) is 66.2 Å². The summed E-state index contributed by atoms with van der Waals surface area (Å²) < 4.78 is 5.05. The lowest BCUT2D eigenvalue weighted by Gasteiger charge is -2.17. The highest BCUT2D eigenvalue weighted by molar-refractivity contribution is 5.91. The third-order valence-corrected chi connectivity index (χ3v) is 3.41. The monoisotopic (exact) mass is 340 g/mol. The number of hydrogen-bond acceptors (Lipinski definition) is 4. The standard InChI is InChI=1S/C19H20N2O4/c1-14(22)21-17(12-15-8-4-2-5-9-15)18(23)13-20-19(24)25-16-10-6-3-7-11-16/h2-11,17H,12-13H2,1H3,(H,20,24)(H,21,22)/t17-/m0/s1. The maximum atomic E-state index is 12.4. The zero-order chi connectivity index (χ0) is 18.1. The molecule has 0 bridgehead atoms. The van der Waals surface area contributed by atoms with Gasteiger partial charge in [0.15, 0.2) is 5.78 Å². The fraction of sp³-hybridized carbons (Fsp3) is 0.211. The number of amides is 2. The van der Waals surface area contributed by atoms with Gasteiger partial charge in [0.05, 0.1) is 12.6 Å². The molecule has 2 N–H and O–H groups in total. The summed E-state index contributed by atoms with van der Waals surface area (Å²) in [5.41, 5.74) is 0.918. The lowest BCUT2D eigenvalue weighted by molar-refractivity contribution is -0.126. The van der Waals surface area contributed by atoms with Crippen LogP contribution in [0.25, 0.3) is 0 Å². The Balaban J connectivity index is 1.90. The maximum absolute atomic E-state index is 12.4. The number of nitrogens with one attached hydrogen (secondary N) is 2. The van der Waals surface area contributed by atoms with Crippen LogP contribution in [0.3, 0.4) is 0 Å². The minimum absolute atomic E-state index is 0.233. The molecule has 0 fully saturated rings. The van der Waals surface area contributed by atoms with Crippen molar-refractivity contribution >= 4 is 17.8 Å². The Labute approximate surface area is 146 Å². The molecule has 6 nitrogen and oxygen atoms in total. The van der Waals surface area contributed by atoms with Gasteiger partial charge in [0.25, 0.3) is 0 Å². The van der Waals surface area contributed by atoms with Gasteiger partial charge in [-0.1, -0.05) is 48.5 Å². The molecule has 0 radical (unpaired) electrons. The predicted octanol–water partition coefficient (Wildman–Crippen LogP) is 2.09. The van der Waals surface area contributed by atoms with Gasteiger partial charge in [0.2, 0.25) is 5.91 Å². The molecule has 0 unspecified atom stereocenters. The Morgan fingerprint density at radius 3 is 2.16 bits per heavy atom. The summed E-state index contributed by atoms with van der Waals surface area (Å²) >= 11 is 0. The molecule has 2 aromatic carbocycles. The van der Waals surface area contributed by atoms with E-state index in [1.165, 1.54) is 6.92 Å². The summed E-state index contributed by atoms with van der Waals surface area (Å²) in [7, 11) is 0. The first-order valence-corrected chi connectivity index (χ1v) is 7.89. The molecular weight excluding hydrogens is 320 g/mol. The fourth-order valence-corrected chi connectivity index (χ4v) is 2.25. The molecule has 0 aliphatic heterocycles. The van der Waals surface area contributed by atoms with Crippen molar-refractivity contribution in [3.8, 4) is 5.75 Å². The number of ether oxygens (including phenoxy) is 1. The number of para-hydroxylation sites is 1. The van der Waals surface area contributed by atoms with Crippen LogP contribution in [0, 0.1) is 0 Å². The Hall–Kier alpha value is -3.15. The molecule has 1 atom stereocenters. The third kappa shape index (κ3) is 6.47. The van der Waals surface area contributed by atoms with Crippen molar-refractivity contribution in [1.82, 2.24) is 10.6 Å². The van der Waals surface area contributed by atoms with E-state index in [2.05, 4.69) is 10.6 Å². The smallest absolute Gasteiger partial charge is 0.410 e. The van der Waals surface area contributed by atoms with Crippen molar-refractivity contribution < 1.29 is 19.1 Å². The van der Waals surface area contributed by atoms with E-state index in [1.807, 2.05) is 30.3 Å². The van der Waals surface area contributed by atoms with E-state index in [4.69, 9.17) is 4.74 Å². The number of ketones is 1. The van der Waals surface area contributed by atoms with Crippen LogP contribution in [0.15, 0.2) is 60.7 Å². The molecule has 0 aromatic heterocycles. The minimum atomic E-state index is -0.721. The van der Waals surface area contributed by atoms with E-state index in [-0.39, 0.29) is 18.2 Å². The van der Waals surface area contributed by atoms with E-state index >= 15 is 0 Å². The second kappa shape index (κ2) is 9.22. The van der Waals surface area contributed by atoms with Gasteiger partial charge in [-0.2, -0.15) is 0 Å². The number of rotatable bonds is 7. The highest BCUT2D eigenvalue weighted by Gasteiger charge is 2.20. The molecule has 0 saturated carbocycles. The van der Waals surface area contributed by atoms with Gasteiger partial charge in [-0.05, 0) is 24.1 Å². The second-order valence-corrected chi connectivity index (χ2v) is 5.47. The Kier molecular flexibility index (Phi) is 6.71. The Bertz CT molecular complexity index is 717. The van der Waals surface area contributed by atoms with E-state index in [1.54, 1.807) is 30.3 Å². The molecule has 2 amide bonds. The number of benzene rings is 2. The molecular formula is C19H20N2O4. The first kappa shape index (κ1) is 18.2. The normalized spacial score (nSPS) is 11.2. The second-order valence-electron chi connectivity index (χ2n) is 5.47. The minimum Gasteiger partial charge on any atom is -0.410 e. The molecule has 2 rings (SSSR count). The van der Waals surface area contributed by atoms with Crippen LogP contribution >= 0.6 is 0 Å². The summed E-state index contributed by atoms with van der Waals surface area (Å²) in [5, 5.41) is 5.03. The van der Waals surface area contributed by atoms with Gasteiger partial charge in [-0.25, -0.2) is 4.79 Å². The van der Waals surface area contributed by atoms with Crippen LogP contribution in [-0.4, -0.2) is 30.4 Å². The SMILES string of the molecule is CC(=O)N[C@@H](Cc1ccccc1)C(=O)CNC(=O)Oc1ccccc1. The van der Waals surface area contributed by atoms with E-state index in [9.17, 15) is 14.4 Å². The average molecular weight is 340 g/mol. The summed E-state index contributed by atoms with van der Waals surface area (Å²) in [5.74, 6) is -0.222. The van der Waals surface area contributed by atoms with E-state index in [0.717, 1.165) is 5.56 Å². The zero-order valence-electron chi connectivity index (χ0n) is 13.9. The maximum Gasteiger partial charge on any atom is 0.412 e. The van der Waals surface area contributed by atoms with E-state index < -0.39 is 12.1 Å². The number of hydrogen-bond donors (Lipinski definition) is 2. The van der Waals surface area contributed by atoms with Gasteiger partial charge in [-0.15, -0.1) is 0 Å². The lowest BCUT2D eigenvalue weighted by Crippen LogP contribution is -2.46. The van der Waals surface area contributed by atoms with Gasteiger partial charge in [0, 0.05) is 6.92 Å². The molecule has 0 aliphatic carbocycles. The lowest BCUT2D eigenvalue weighted by atomic mass is 10.0. The van der Waals surface area contributed by atoms with Crippen molar-refractivity contribution in [2.75, 3.05) is 6.54 Å². The Morgan fingerprint density at radius 1 is 0.960 bits per heavy atom. The molecule has 0 aliphatic rings.